The van der Waals surface area contributed by atoms with Crippen LogP contribution in [0.1, 0.15) is 12.5 Å². The molecule has 0 aliphatic heterocycles. The van der Waals surface area contributed by atoms with E-state index in [9.17, 15) is 0 Å². The molecule has 5 heteroatoms. The van der Waals surface area contributed by atoms with Gasteiger partial charge in [-0.25, -0.2) is 4.98 Å². The summed E-state index contributed by atoms with van der Waals surface area (Å²) >= 11 is 5.05. The van der Waals surface area contributed by atoms with Crippen LogP contribution in [0.5, 0.6) is 0 Å². The number of rotatable bonds is 2. The van der Waals surface area contributed by atoms with E-state index in [1.165, 1.54) is 5.56 Å². The van der Waals surface area contributed by atoms with E-state index in [0.29, 0.717) is 17.2 Å². The van der Waals surface area contributed by atoms with Crippen LogP contribution in [0.15, 0.2) is 32.5 Å². The van der Waals surface area contributed by atoms with Gasteiger partial charge in [-0.1, -0.05) is 22.9 Å². The van der Waals surface area contributed by atoms with Crippen LogP contribution in [0, 0.1) is 0 Å². The van der Waals surface area contributed by atoms with Crippen LogP contribution in [0.3, 0.4) is 0 Å². The maximum absolute atomic E-state index is 5.93. The first-order valence-electron chi connectivity index (χ1n) is 5.61. The predicted octanol–water partition coefficient (Wildman–Crippen LogP) is 4.46. The lowest BCUT2D eigenvalue weighted by Crippen LogP contribution is -1.84. The van der Waals surface area contributed by atoms with Gasteiger partial charge in [0.05, 0.1) is 10.6 Å². The SMILES string of the molecule is CCc1ccsc1-c1nc2cc(Br)cc(N)c2o1. The molecule has 2 aromatic heterocycles. The molecule has 0 radical (unpaired) electrons. The van der Waals surface area contributed by atoms with Crippen molar-refractivity contribution in [2.24, 2.45) is 0 Å². The summed E-state index contributed by atoms with van der Waals surface area (Å²) in [6, 6.07) is 5.85. The minimum absolute atomic E-state index is 0.604. The zero-order valence-corrected chi connectivity index (χ0v) is 12.1. The number of benzene rings is 1. The molecule has 0 saturated heterocycles. The maximum atomic E-state index is 5.93. The van der Waals surface area contributed by atoms with Crippen LogP contribution in [0.2, 0.25) is 0 Å². The summed E-state index contributed by atoms with van der Waals surface area (Å²) in [6.45, 7) is 2.12. The Morgan fingerprint density at radius 3 is 3.06 bits per heavy atom. The van der Waals surface area contributed by atoms with Crippen molar-refractivity contribution in [1.82, 2.24) is 4.98 Å². The van der Waals surface area contributed by atoms with Gasteiger partial charge < -0.3 is 10.2 Å². The molecular formula is C13H11BrN2OS. The van der Waals surface area contributed by atoms with Gasteiger partial charge in [0.15, 0.2) is 5.58 Å². The van der Waals surface area contributed by atoms with Crippen molar-refractivity contribution in [2.75, 3.05) is 5.73 Å². The summed E-state index contributed by atoms with van der Waals surface area (Å²) in [7, 11) is 0. The van der Waals surface area contributed by atoms with Crippen molar-refractivity contribution in [3.05, 3.63) is 33.6 Å². The lowest BCUT2D eigenvalue weighted by molar-refractivity contribution is 0.622. The summed E-state index contributed by atoms with van der Waals surface area (Å²) in [4.78, 5) is 5.61. The molecule has 0 fully saturated rings. The van der Waals surface area contributed by atoms with E-state index in [1.54, 1.807) is 11.3 Å². The van der Waals surface area contributed by atoms with E-state index in [4.69, 9.17) is 10.2 Å². The van der Waals surface area contributed by atoms with Gasteiger partial charge in [-0.2, -0.15) is 0 Å². The lowest BCUT2D eigenvalue weighted by Gasteiger charge is -1.95. The minimum atomic E-state index is 0.604. The van der Waals surface area contributed by atoms with Gasteiger partial charge in [-0.05, 0) is 35.6 Å². The Hall–Kier alpha value is -1.33. The van der Waals surface area contributed by atoms with E-state index >= 15 is 0 Å². The van der Waals surface area contributed by atoms with E-state index in [1.807, 2.05) is 12.1 Å². The molecule has 18 heavy (non-hydrogen) atoms. The van der Waals surface area contributed by atoms with Gasteiger partial charge >= 0.3 is 0 Å². The van der Waals surface area contributed by atoms with Crippen molar-refractivity contribution in [3.8, 4) is 10.8 Å². The molecule has 0 saturated carbocycles. The Bertz CT molecular complexity index is 717. The Morgan fingerprint density at radius 2 is 2.28 bits per heavy atom. The molecule has 2 N–H and O–H groups in total. The van der Waals surface area contributed by atoms with Gasteiger partial charge in [0.1, 0.15) is 5.52 Å². The molecule has 0 amide bonds. The van der Waals surface area contributed by atoms with Crippen LogP contribution in [0.4, 0.5) is 5.69 Å². The molecule has 0 spiro atoms. The summed E-state index contributed by atoms with van der Waals surface area (Å²) in [5, 5.41) is 2.06. The Labute approximate surface area is 117 Å². The smallest absolute Gasteiger partial charge is 0.237 e. The fourth-order valence-electron chi connectivity index (χ4n) is 1.92. The van der Waals surface area contributed by atoms with Gasteiger partial charge in [-0.15, -0.1) is 11.3 Å². The molecule has 1 aromatic carbocycles. The van der Waals surface area contributed by atoms with Crippen molar-refractivity contribution < 1.29 is 4.42 Å². The van der Waals surface area contributed by atoms with Crippen molar-refractivity contribution in [2.45, 2.75) is 13.3 Å². The van der Waals surface area contributed by atoms with Crippen LogP contribution < -0.4 is 5.73 Å². The standard InChI is InChI=1S/C13H11BrN2OS/c1-2-7-3-4-18-12(7)13-16-10-6-8(14)5-9(15)11(10)17-13/h3-6H,2,15H2,1H3. The Balaban J connectivity index is 2.22. The number of nitrogen functional groups attached to an aromatic ring is 1. The number of thiophene rings is 1. The largest absolute Gasteiger partial charge is 0.433 e. The summed E-state index contributed by atoms with van der Waals surface area (Å²) < 4.78 is 6.71. The first-order chi connectivity index (χ1) is 8.69. The average Bonchev–Trinajstić information content (AvgIpc) is 2.92. The number of nitrogens with two attached hydrogens (primary N) is 1. The molecule has 0 bridgehead atoms. The minimum Gasteiger partial charge on any atom is -0.433 e. The topological polar surface area (TPSA) is 52.0 Å². The number of halogens is 1. The maximum Gasteiger partial charge on any atom is 0.237 e. The molecule has 2 heterocycles. The summed E-state index contributed by atoms with van der Waals surface area (Å²) in [6.07, 6.45) is 0.969. The van der Waals surface area contributed by atoms with E-state index in [0.717, 1.165) is 21.3 Å². The number of aryl methyl sites for hydroxylation is 1. The lowest BCUT2D eigenvalue weighted by atomic mass is 10.2. The van der Waals surface area contributed by atoms with Crippen molar-refractivity contribution >= 4 is 44.1 Å². The monoisotopic (exact) mass is 322 g/mol. The highest BCUT2D eigenvalue weighted by Gasteiger charge is 2.14. The molecular weight excluding hydrogens is 312 g/mol. The molecule has 0 aliphatic carbocycles. The molecule has 3 aromatic rings. The van der Waals surface area contributed by atoms with E-state index < -0.39 is 0 Å². The number of fused-ring (bicyclic) bond motifs is 1. The highest BCUT2D eigenvalue weighted by molar-refractivity contribution is 9.10. The Morgan fingerprint density at radius 1 is 1.44 bits per heavy atom. The summed E-state index contributed by atoms with van der Waals surface area (Å²) in [5.74, 6) is 0.654. The fourth-order valence-corrected chi connectivity index (χ4v) is 3.31. The second-order valence-electron chi connectivity index (χ2n) is 3.99. The number of nitrogens with zero attached hydrogens (tertiary/aromatic N) is 1. The molecule has 0 aliphatic rings. The van der Waals surface area contributed by atoms with Gasteiger partial charge in [0.25, 0.3) is 0 Å². The fraction of sp³-hybridized carbons (Fsp3) is 0.154. The zero-order valence-electron chi connectivity index (χ0n) is 9.74. The number of oxazole rings is 1. The van der Waals surface area contributed by atoms with Gasteiger partial charge in [-0.3, -0.25) is 0 Å². The quantitative estimate of drug-likeness (QED) is 0.708. The molecule has 0 atom stereocenters. The Kier molecular flexibility index (Phi) is 2.87. The third kappa shape index (κ3) is 1.83. The summed E-state index contributed by atoms with van der Waals surface area (Å²) in [5.41, 5.74) is 9.23. The highest BCUT2D eigenvalue weighted by atomic mass is 79.9. The number of hydrogen-bond donors (Lipinski definition) is 1. The normalized spacial score (nSPS) is 11.2. The first-order valence-corrected chi connectivity index (χ1v) is 7.28. The number of anilines is 1. The highest BCUT2D eigenvalue weighted by Crippen LogP contribution is 2.34. The van der Waals surface area contributed by atoms with Crippen LogP contribution in [-0.2, 0) is 6.42 Å². The molecule has 3 nitrogen and oxygen atoms in total. The molecule has 3 rings (SSSR count). The van der Waals surface area contributed by atoms with E-state index in [2.05, 4.69) is 39.3 Å². The third-order valence-electron chi connectivity index (χ3n) is 2.81. The first kappa shape index (κ1) is 11.7. The van der Waals surface area contributed by atoms with Crippen LogP contribution in [-0.4, -0.2) is 4.98 Å². The number of hydrogen-bond acceptors (Lipinski definition) is 4. The second kappa shape index (κ2) is 4.40. The van der Waals surface area contributed by atoms with Gasteiger partial charge in [0.2, 0.25) is 5.89 Å². The average molecular weight is 323 g/mol. The van der Waals surface area contributed by atoms with Crippen LogP contribution in [0.25, 0.3) is 21.9 Å². The molecule has 0 unspecified atom stereocenters. The zero-order chi connectivity index (χ0) is 12.7. The van der Waals surface area contributed by atoms with E-state index in [-0.39, 0.29) is 0 Å². The van der Waals surface area contributed by atoms with Crippen molar-refractivity contribution in [1.29, 1.82) is 0 Å². The molecule has 92 valence electrons. The predicted molar refractivity (Wildman–Crippen MR) is 78.8 cm³/mol. The van der Waals surface area contributed by atoms with Crippen LogP contribution >= 0.6 is 27.3 Å². The second-order valence-corrected chi connectivity index (χ2v) is 5.82. The third-order valence-corrected chi connectivity index (χ3v) is 4.21. The number of aromatic nitrogens is 1. The van der Waals surface area contributed by atoms with Gasteiger partial charge in [0, 0.05) is 4.47 Å². The van der Waals surface area contributed by atoms with Crippen molar-refractivity contribution in [3.63, 3.8) is 0 Å².